The van der Waals surface area contributed by atoms with Crippen molar-refractivity contribution >= 4 is 5.97 Å². The van der Waals surface area contributed by atoms with E-state index in [4.69, 9.17) is 9.47 Å². The minimum atomic E-state index is -0.464. The van der Waals surface area contributed by atoms with Crippen molar-refractivity contribution in [3.63, 3.8) is 0 Å². The lowest BCUT2D eigenvalue weighted by Gasteiger charge is -2.24. The molecule has 0 aliphatic carbocycles. The number of hydrogen-bond donors (Lipinski definition) is 1. The predicted octanol–water partition coefficient (Wildman–Crippen LogP) is 2.69. The Morgan fingerprint density at radius 3 is 2.48 bits per heavy atom. The number of aryl methyl sites for hydroxylation is 1. The van der Waals surface area contributed by atoms with E-state index in [1.54, 1.807) is 7.05 Å². The van der Waals surface area contributed by atoms with Crippen LogP contribution in [0.1, 0.15) is 38.8 Å². The van der Waals surface area contributed by atoms with E-state index in [0.29, 0.717) is 0 Å². The molecule has 0 saturated heterocycles. The monoisotopic (exact) mass is 293 g/mol. The van der Waals surface area contributed by atoms with E-state index in [-0.39, 0.29) is 18.0 Å². The summed E-state index contributed by atoms with van der Waals surface area (Å²) in [6.45, 7) is 8.85. The average molecular weight is 293 g/mol. The number of carbonyl (C=O) groups is 1. The SMILES string of the molecule is CCc1ccc(OCC(NC)C(=O)OC)c(C(C)(C)C)c1. The molecule has 1 aromatic rings. The number of ether oxygens (including phenoxy) is 2. The zero-order valence-electron chi connectivity index (χ0n) is 13.9. The van der Waals surface area contributed by atoms with Gasteiger partial charge in [0.05, 0.1) is 7.11 Å². The number of carbonyl (C=O) groups excluding carboxylic acids is 1. The molecule has 0 aromatic heterocycles. The third-order valence-electron chi connectivity index (χ3n) is 3.50. The van der Waals surface area contributed by atoms with E-state index < -0.39 is 6.04 Å². The van der Waals surface area contributed by atoms with Gasteiger partial charge in [-0.2, -0.15) is 0 Å². The number of esters is 1. The van der Waals surface area contributed by atoms with Gasteiger partial charge in [-0.1, -0.05) is 39.8 Å². The lowest BCUT2D eigenvalue weighted by atomic mass is 9.85. The highest BCUT2D eigenvalue weighted by Crippen LogP contribution is 2.32. The van der Waals surface area contributed by atoms with Crippen LogP contribution in [0.25, 0.3) is 0 Å². The summed E-state index contributed by atoms with van der Waals surface area (Å²) >= 11 is 0. The van der Waals surface area contributed by atoms with Gasteiger partial charge in [0.2, 0.25) is 0 Å². The van der Waals surface area contributed by atoms with Crippen molar-refractivity contribution in [2.75, 3.05) is 20.8 Å². The molecule has 0 aliphatic heterocycles. The van der Waals surface area contributed by atoms with Crippen LogP contribution < -0.4 is 10.1 Å². The lowest BCUT2D eigenvalue weighted by Crippen LogP contribution is -2.40. The molecule has 0 saturated carbocycles. The molecule has 0 bridgehead atoms. The van der Waals surface area contributed by atoms with E-state index in [0.717, 1.165) is 17.7 Å². The molecule has 21 heavy (non-hydrogen) atoms. The number of methoxy groups -OCH3 is 1. The summed E-state index contributed by atoms with van der Waals surface area (Å²) in [5, 5.41) is 2.90. The Balaban J connectivity index is 2.95. The van der Waals surface area contributed by atoms with Gasteiger partial charge in [-0.25, -0.2) is 0 Å². The molecule has 0 fully saturated rings. The van der Waals surface area contributed by atoms with Crippen molar-refractivity contribution in [3.8, 4) is 5.75 Å². The van der Waals surface area contributed by atoms with Crippen LogP contribution in [0, 0.1) is 0 Å². The molecule has 0 spiro atoms. The van der Waals surface area contributed by atoms with Crippen LogP contribution >= 0.6 is 0 Å². The largest absolute Gasteiger partial charge is 0.491 e. The third-order valence-corrected chi connectivity index (χ3v) is 3.50. The molecule has 118 valence electrons. The van der Waals surface area contributed by atoms with Crippen LogP contribution in [0.4, 0.5) is 0 Å². The summed E-state index contributed by atoms with van der Waals surface area (Å²) in [6, 6.07) is 5.77. The van der Waals surface area contributed by atoms with Crippen molar-refractivity contribution < 1.29 is 14.3 Å². The van der Waals surface area contributed by atoms with Gasteiger partial charge in [-0.15, -0.1) is 0 Å². The first-order valence-electron chi connectivity index (χ1n) is 7.34. The molecule has 1 N–H and O–H groups in total. The van der Waals surface area contributed by atoms with Crippen LogP contribution in [-0.2, 0) is 21.4 Å². The fraction of sp³-hybridized carbons (Fsp3) is 0.588. The van der Waals surface area contributed by atoms with Crippen LogP contribution in [0.5, 0.6) is 5.75 Å². The topological polar surface area (TPSA) is 47.6 Å². The number of hydrogen-bond acceptors (Lipinski definition) is 4. The predicted molar refractivity (Wildman–Crippen MR) is 84.9 cm³/mol. The Morgan fingerprint density at radius 1 is 1.33 bits per heavy atom. The molecule has 0 heterocycles. The van der Waals surface area contributed by atoms with Gasteiger partial charge < -0.3 is 14.8 Å². The van der Waals surface area contributed by atoms with Crippen molar-refractivity contribution in [2.24, 2.45) is 0 Å². The van der Waals surface area contributed by atoms with Gasteiger partial charge in [0.25, 0.3) is 0 Å². The molecule has 1 atom stereocenters. The van der Waals surface area contributed by atoms with Crippen molar-refractivity contribution in [1.29, 1.82) is 0 Å². The quantitative estimate of drug-likeness (QED) is 0.819. The highest BCUT2D eigenvalue weighted by atomic mass is 16.5. The molecule has 4 heteroatoms. The van der Waals surface area contributed by atoms with Crippen LogP contribution in [0.3, 0.4) is 0 Å². The maximum absolute atomic E-state index is 11.6. The number of benzene rings is 1. The van der Waals surface area contributed by atoms with Crippen LogP contribution in [-0.4, -0.2) is 32.8 Å². The fourth-order valence-corrected chi connectivity index (χ4v) is 2.09. The minimum Gasteiger partial charge on any atom is -0.491 e. The maximum atomic E-state index is 11.6. The standard InChI is InChI=1S/C17H27NO3/c1-7-12-8-9-15(13(10-12)17(2,3)4)21-11-14(18-5)16(19)20-6/h8-10,14,18H,7,11H2,1-6H3. The smallest absolute Gasteiger partial charge is 0.326 e. The van der Waals surface area contributed by atoms with Gasteiger partial charge in [0.15, 0.2) is 0 Å². The van der Waals surface area contributed by atoms with E-state index in [1.807, 2.05) is 6.07 Å². The minimum absolute atomic E-state index is 0.0130. The highest BCUT2D eigenvalue weighted by molar-refractivity contribution is 5.75. The van der Waals surface area contributed by atoms with E-state index in [1.165, 1.54) is 12.7 Å². The van der Waals surface area contributed by atoms with E-state index >= 15 is 0 Å². The second kappa shape index (κ2) is 7.46. The fourth-order valence-electron chi connectivity index (χ4n) is 2.09. The zero-order chi connectivity index (χ0) is 16.0. The molecule has 1 rings (SSSR count). The summed E-state index contributed by atoms with van der Waals surface area (Å²) in [4.78, 5) is 11.6. The molecule has 0 amide bonds. The Morgan fingerprint density at radius 2 is 2.00 bits per heavy atom. The molecule has 1 aromatic carbocycles. The first-order chi connectivity index (χ1) is 9.83. The van der Waals surface area contributed by atoms with Gasteiger partial charge in [-0.05, 0) is 36.1 Å². The van der Waals surface area contributed by atoms with Gasteiger partial charge in [0, 0.05) is 0 Å². The Kier molecular flexibility index (Phi) is 6.21. The Labute approximate surface area is 127 Å². The zero-order valence-corrected chi connectivity index (χ0v) is 13.9. The van der Waals surface area contributed by atoms with Gasteiger partial charge >= 0.3 is 5.97 Å². The molecular weight excluding hydrogens is 266 g/mol. The first kappa shape index (κ1) is 17.5. The Hall–Kier alpha value is -1.55. The van der Waals surface area contributed by atoms with Crippen molar-refractivity contribution in [1.82, 2.24) is 5.32 Å². The normalized spacial score (nSPS) is 12.9. The first-order valence-corrected chi connectivity index (χ1v) is 7.34. The Bertz CT molecular complexity index is 477. The van der Waals surface area contributed by atoms with E-state index in [2.05, 4.69) is 45.1 Å². The molecule has 0 radical (unpaired) electrons. The summed E-state index contributed by atoms with van der Waals surface area (Å²) in [5.74, 6) is 0.504. The average Bonchev–Trinajstić information content (AvgIpc) is 2.46. The number of nitrogens with one attached hydrogen (secondary N) is 1. The summed E-state index contributed by atoms with van der Waals surface area (Å²) in [5.41, 5.74) is 2.42. The molecule has 0 aliphatic rings. The highest BCUT2D eigenvalue weighted by Gasteiger charge is 2.22. The lowest BCUT2D eigenvalue weighted by molar-refractivity contribution is -0.143. The summed E-state index contributed by atoms with van der Waals surface area (Å²) in [6.07, 6.45) is 0.991. The maximum Gasteiger partial charge on any atom is 0.326 e. The second-order valence-electron chi connectivity index (χ2n) is 6.11. The van der Waals surface area contributed by atoms with Crippen LogP contribution in [0.15, 0.2) is 18.2 Å². The second-order valence-corrected chi connectivity index (χ2v) is 6.11. The number of likely N-dealkylation sites (N-methyl/N-ethyl adjacent to an activating group) is 1. The van der Waals surface area contributed by atoms with E-state index in [9.17, 15) is 4.79 Å². The molecular formula is C17H27NO3. The van der Waals surface area contributed by atoms with Crippen LogP contribution in [0.2, 0.25) is 0 Å². The van der Waals surface area contributed by atoms with Gasteiger partial charge in [0.1, 0.15) is 18.4 Å². The number of rotatable bonds is 6. The summed E-state index contributed by atoms with van der Waals surface area (Å²) in [7, 11) is 3.10. The molecule has 1 unspecified atom stereocenters. The third kappa shape index (κ3) is 4.74. The molecule has 4 nitrogen and oxygen atoms in total. The van der Waals surface area contributed by atoms with Gasteiger partial charge in [-0.3, -0.25) is 4.79 Å². The van der Waals surface area contributed by atoms with Crippen molar-refractivity contribution in [3.05, 3.63) is 29.3 Å². The summed E-state index contributed by atoms with van der Waals surface area (Å²) < 4.78 is 10.6. The van der Waals surface area contributed by atoms with Crippen molar-refractivity contribution in [2.45, 2.75) is 45.6 Å².